The van der Waals surface area contributed by atoms with Gasteiger partial charge in [-0.05, 0) is 30.7 Å². The highest BCUT2D eigenvalue weighted by Gasteiger charge is 2.14. The van der Waals surface area contributed by atoms with Gasteiger partial charge in [-0.25, -0.2) is 0 Å². The third-order valence-electron chi connectivity index (χ3n) is 3.36. The van der Waals surface area contributed by atoms with Gasteiger partial charge in [-0.3, -0.25) is 9.20 Å². The summed E-state index contributed by atoms with van der Waals surface area (Å²) in [4.78, 5) is 12.1. The summed E-state index contributed by atoms with van der Waals surface area (Å²) in [6.07, 6.45) is 1.88. The van der Waals surface area contributed by atoms with Crippen molar-refractivity contribution in [1.82, 2.24) is 19.9 Å². The molecule has 0 saturated heterocycles. The zero-order valence-electron chi connectivity index (χ0n) is 12.4. The number of nitrogens with one attached hydrogen (secondary N) is 1. The molecule has 1 N–H and O–H groups in total. The van der Waals surface area contributed by atoms with Gasteiger partial charge in [0.15, 0.2) is 10.8 Å². The van der Waals surface area contributed by atoms with Gasteiger partial charge >= 0.3 is 0 Å². The van der Waals surface area contributed by atoms with Crippen LogP contribution in [-0.2, 0) is 4.79 Å². The molecule has 1 amide bonds. The van der Waals surface area contributed by atoms with Crippen molar-refractivity contribution >= 4 is 34.9 Å². The van der Waals surface area contributed by atoms with Crippen LogP contribution in [0.15, 0.2) is 53.8 Å². The molecule has 0 saturated carbocycles. The van der Waals surface area contributed by atoms with E-state index in [-0.39, 0.29) is 17.7 Å². The minimum Gasteiger partial charge on any atom is -0.349 e. The molecule has 0 spiro atoms. The van der Waals surface area contributed by atoms with Gasteiger partial charge in [0, 0.05) is 11.2 Å². The number of benzene rings is 1. The molecule has 1 atom stereocenters. The molecule has 0 aliphatic rings. The normalized spacial score (nSPS) is 12.3. The van der Waals surface area contributed by atoms with Crippen LogP contribution in [0, 0.1) is 0 Å². The highest BCUT2D eigenvalue weighted by atomic mass is 35.5. The van der Waals surface area contributed by atoms with Crippen LogP contribution < -0.4 is 5.32 Å². The van der Waals surface area contributed by atoms with E-state index in [2.05, 4.69) is 15.5 Å². The first-order valence-electron chi connectivity index (χ1n) is 7.11. The molecular weight excluding hydrogens is 332 g/mol. The molecule has 0 aliphatic carbocycles. The molecule has 0 radical (unpaired) electrons. The second kappa shape index (κ2) is 7.02. The molecule has 2 aromatic heterocycles. The summed E-state index contributed by atoms with van der Waals surface area (Å²) in [6, 6.07) is 13.0. The predicted octanol–water partition coefficient (Wildman–Crippen LogP) is 3.35. The second-order valence-corrected chi connectivity index (χ2v) is 6.36. The summed E-state index contributed by atoms with van der Waals surface area (Å²) < 4.78 is 1.86. The number of aromatic nitrogens is 3. The van der Waals surface area contributed by atoms with Crippen molar-refractivity contribution < 1.29 is 4.79 Å². The fraction of sp³-hybridized carbons (Fsp3) is 0.188. The molecule has 3 aromatic rings. The molecule has 0 fully saturated rings. The fourth-order valence-electron chi connectivity index (χ4n) is 2.24. The average Bonchev–Trinajstić information content (AvgIpc) is 2.96. The van der Waals surface area contributed by atoms with Crippen LogP contribution in [0.1, 0.15) is 18.5 Å². The van der Waals surface area contributed by atoms with E-state index in [1.54, 1.807) is 0 Å². The third-order valence-corrected chi connectivity index (χ3v) is 4.65. The lowest BCUT2D eigenvalue weighted by atomic mass is 10.1. The molecule has 7 heteroatoms. The first-order chi connectivity index (χ1) is 11.1. The molecule has 0 bridgehead atoms. The summed E-state index contributed by atoms with van der Waals surface area (Å²) >= 11 is 7.50. The maximum Gasteiger partial charge on any atom is 0.230 e. The number of hydrogen-bond donors (Lipinski definition) is 1. The number of fused-ring (bicyclic) bond motifs is 1. The van der Waals surface area contributed by atoms with E-state index in [9.17, 15) is 4.79 Å². The van der Waals surface area contributed by atoms with Gasteiger partial charge in [-0.2, -0.15) is 0 Å². The van der Waals surface area contributed by atoms with Crippen LogP contribution in [0.4, 0.5) is 0 Å². The molecule has 118 valence electrons. The number of carbonyl (C=O) groups is 1. The van der Waals surface area contributed by atoms with Gasteiger partial charge in [0.1, 0.15) is 0 Å². The average molecular weight is 347 g/mol. The Kier molecular flexibility index (Phi) is 4.83. The van der Waals surface area contributed by atoms with E-state index >= 15 is 0 Å². The highest BCUT2D eigenvalue weighted by molar-refractivity contribution is 7.99. The lowest BCUT2D eigenvalue weighted by Crippen LogP contribution is -2.28. The molecule has 2 heterocycles. The molecule has 0 aliphatic heterocycles. The molecule has 3 rings (SSSR count). The molecule has 5 nitrogen and oxygen atoms in total. The van der Waals surface area contributed by atoms with Gasteiger partial charge in [0.25, 0.3) is 0 Å². The van der Waals surface area contributed by atoms with Crippen LogP contribution in [0.3, 0.4) is 0 Å². The van der Waals surface area contributed by atoms with Crippen LogP contribution in [0.2, 0.25) is 5.02 Å². The first-order valence-corrected chi connectivity index (χ1v) is 8.48. The zero-order chi connectivity index (χ0) is 16.2. The number of amides is 1. The van der Waals surface area contributed by atoms with E-state index < -0.39 is 0 Å². The standard InChI is InChI=1S/C16H15ClN4OS/c1-11(12-6-2-3-7-13(12)17)18-15(22)10-23-16-20-19-14-8-4-5-9-21(14)16/h2-9,11H,10H2,1H3,(H,18,22). The Morgan fingerprint density at radius 1 is 1.26 bits per heavy atom. The van der Waals surface area contributed by atoms with Gasteiger partial charge in [0.2, 0.25) is 5.91 Å². The Morgan fingerprint density at radius 3 is 2.87 bits per heavy atom. The predicted molar refractivity (Wildman–Crippen MR) is 91.7 cm³/mol. The fourth-order valence-corrected chi connectivity index (χ4v) is 3.27. The Bertz CT molecular complexity index is 836. The Morgan fingerprint density at radius 2 is 2.04 bits per heavy atom. The molecular formula is C16H15ClN4OS. The van der Waals surface area contributed by atoms with Crippen molar-refractivity contribution in [3.05, 3.63) is 59.2 Å². The maximum atomic E-state index is 12.1. The Balaban J connectivity index is 1.61. The second-order valence-electron chi connectivity index (χ2n) is 5.01. The summed E-state index contributed by atoms with van der Waals surface area (Å²) in [5.41, 5.74) is 1.67. The van der Waals surface area contributed by atoms with E-state index in [1.807, 2.05) is 60.0 Å². The quantitative estimate of drug-likeness (QED) is 0.720. The minimum absolute atomic E-state index is 0.0740. The minimum atomic E-state index is -0.146. The van der Waals surface area contributed by atoms with Crippen molar-refractivity contribution in [3.63, 3.8) is 0 Å². The zero-order valence-corrected chi connectivity index (χ0v) is 14.0. The number of rotatable bonds is 5. The molecule has 1 unspecified atom stereocenters. The van der Waals surface area contributed by atoms with Crippen LogP contribution >= 0.6 is 23.4 Å². The lowest BCUT2D eigenvalue weighted by Gasteiger charge is -2.15. The van der Waals surface area contributed by atoms with Crippen LogP contribution in [0.25, 0.3) is 5.65 Å². The van der Waals surface area contributed by atoms with E-state index in [4.69, 9.17) is 11.6 Å². The van der Waals surface area contributed by atoms with Crippen molar-refractivity contribution in [3.8, 4) is 0 Å². The van der Waals surface area contributed by atoms with Gasteiger partial charge < -0.3 is 5.32 Å². The van der Waals surface area contributed by atoms with Gasteiger partial charge in [-0.15, -0.1) is 10.2 Å². The summed E-state index contributed by atoms with van der Waals surface area (Å²) in [6.45, 7) is 1.91. The summed E-state index contributed by atoms with van der Waals surface area (Å²) in [5.74, 6) is 0.194. The highest BCUT2D eigenvalue weighted by Crippen LogP contribution is 2.22. The third kappa shape index (κ3) is 3.65. The first kappa shape index (κ1) is 15.8. The topological polar surface area (TPSA) is 59.3 Å². The number of carbonyl (C=O) groups excluding carboxylic acids is 1. The largest absolute Gasteiger partial charge is 0.349 e. The van der Waals surface area contributed by atoms with E-state index in [0.717, 1.165) is 11.2 Å². The monoisotopic (exact) mass is 346 g/mol. The lowest BCUT2D eigenvalue weighted by molar-refractivity contribution is -0.119. The Labute approximate surface area is 143 Å². The van der Waals surface area contributed by atoms with Crippen molar-refractivity contribution in [2.24, 2.45) is 0 Å². The summed E-state index contributed by atoms with van der Waals surface area (Å²) in [5, 5.41) is 12.4. The van der Waals surface area contributed by atoms with Crippen molar-refractivity contribution in [1.29, 1.82) is 0 Å². The van der Waals surface area contributed by atoms with E-state index in [1.165, 1.54) is 11.8 Å². The van der Waals surface area contributed by atoms with Crippen molar-refractivity contribution in [2.45, 2.75) is 18.1 Å². The number of thioether (sulfide) groups is 1. The number of halogens is 1. The smallest absolute Gasteiger partial charge is 0.230 e. The maximum absolute atomic E-state index is 12.1. The van der Waals surface area contributed by atoms with Gasteiger partial charge in [-0.1, -0.05) is 47.6 Å². The van der Waals surface area contributed by atoms with Crippen molar-refractivity contribution in [2.75, 3.05) is 5.75 Å². The number of pyridine rings is 1. The molecule has 1 aromatic carbocycles. The molecule has 23 heavy (non-hydrogen) atoms. The number of nitrogens with zero attached hydrogens (tertiary/aromatic N) is 3. The van der Waals surface area contributed by atoms with E-state index in [0.29, 0.717) is 10.2 Å². The van der Waals surface area contributed by atoms with Gasteiger partial charge in [0.05, 0.1) is 11.8 Å². The van der Waals surface area contributed by atoms with Crippen LogP contribution in [0.5, 0.6) is 0 Å². The number of hydrogen-bond acceptors (Lipinski definition) is 4. The Hall–Kier alpha value is -2.05. The van der Waals surface area contributed by atoms with Crippen LogP contribution in [-0.4, -0.2) is 26.3 Å². The SMILES string of the molecule is CC(NC(=O)CSc1nnc2ccccn12)c1ccccc1Cl. The summed E-state index contributed by atoms with van der Waals surface area (Å²) in [7, 11) is 0.